The molecule has 0 aromatic heterocycles. The molecule has 0 heterocycles. The minimum atomic E-state index is -4.20. The average Bonchev–Trinajstić information content (AvgIpc) is 2.75. The van der Waals surface area contributed by atoms with E-state index in [0.717, 1.165) is 5.56 Å². The lowest BCUT2D eigenvalue weighted by molar-refractivity contribution is 0.0376. The standard InChI is InChI=1S/C24H24N2O6S/c1-16(2)31-23(27)21-15-19(26-24(28)25-18-9-5-4-6-10-18)12-13-22(21)32-33(29,30)20-11-7-8-17(3)14-20/h4-16H,1-3H3,(H2,25,26,28). The molecule has 3 aromatic rings. The van der Waals surface area contributed by atoms with Crippen molar-refractivity contribution >= 4 is 33.5 Å². The van der Waals surface area contributed by atoms with Crippen LogP contribution in [0.15, 0.2) is 77.7 Å². The lowest BCUT2D eigenvalue weighted by Gasteiger charge is -2.15. The molecule has 0 aliphatic heterocycles. The van der Waals surface area contributed by atoms with Gasteiger partial charge >= 0.3 is 22.1 Å². The first-order chi connectivity index (χ1) is 15.6. The number of hydrogen-bond donors (Lipinski definition) is 2. The SMILES string of the molecule is Cc1cccc(S(=O)(=O)Oc2ccc(NC(=O)Nc3ccccc3)cc2C(=O)OC(C)C)c1. The van der Waals surface area contributed by atoms with Gasteiger partial charge in [0.2, 0.25) is 0 Å². The van der Waals surface area contributed by atoms with Crippen molar-refractivity contribution in [2.45, 2.75) is 31.8 Å². The van der Waals surface area contributed by atoms with Crippen molar-refractivity contribution in [2.75, 3.05) is 10.6 Å². The smallest absolute Gasteiger partial charge is 0.342 e. The molecule has 0 aliphatic rings. The molecule has 3 rings (SSSR count). The van der Waals surface area contributed by atoms with E-state index in [0.29, 0.717) is 5.69 Å². The Kier molecular flexibility index (Phi) is 7.34. The van der Waals surface area contributed by atoms with E-state index in [1.165, 1.54) is 30.3 Å². The Balaban J connectivity index is 1.88. The van der Waals surface area contributed by atoms with E-state index in [-0.39, 0.29) is 21.9 Å². The first kappa shape index (κ1) is 23.8. The molecule has 0 saturated heterocycles. The maximum Gasteiger partial charge on any atom is 0.342 e. The van der Waals surface area contributed by atoms with Gasteiger partial charge in [0.25, 0.3) is 0 Å². The zero-order chi connectivity index (χ0) is 24.0. The topological polar surface area (TPSA) is 111 Å². The summed E-state index contributed by atoms with van der Waals surface area (Å²) >= 11 is 0. The molecular formula is C24H24N2O6S. The van der Waals surface area contributed by atoms with E-state index < -0.39 is 28.2 Å². The van der Waals surface area contributed by atoms with Crippen molar-refractivity contribution in [2.24, 2.45) is 0 Å². The van der Waals surface area contributed by atoms with E-state index in [4.69, 9.17) is 8.92 Å². The Morgan fingerprint density at radius 2 is 1.55 bits per heavy atom. The quantitative estimate of drug-likeness (QED) is 0.374. The summed E-state index contributed by atoms with van der Waals surface area (Å²) in [5, 5.41) is 5.26. The van der Waals surface area contributed by atoms with Gasteiger partial charge in [0.05, 0.1) is 6.10 Å². The number of esters is 1. The van der Waals surface area contributed by atoms with Gasteiger partial charge in [0.1, 0.15) is 10.5 Å². The molecule has 0 bridgehead atoms. The summed E-state index contributed by atoms with van der Waals surface area (Å²) in [7, 11) is -4.20. The molecule has 172 valence electrons. The van der Waals surface area contributed by atoms with E-state index in [1.807, 2.05) is 6.07 Å². The third kappa shape index (κ3) is 6.56. The molecule has 0 unspecified atom stereocenters. The fourth-order valence-corrected chi connectivity index (χ4v) is 3.92. The van der Waals surface area contributed by atoms with Crippen LogP contribution in [0.2, 0.25) is 0 Å². The number of rotatable bonds is 7. The van der Waals surface area contributed by atoms with Crippen molar-refractivity contribution in [1.82, 2.24) is 0 Å². The summed E-state index contributed by atoms with van der Waals surface area (Å²) in [6, 6.07) is 18.5. The molecule has 3 aromatic carbocycles. The lowest BCUT2D eigenvalue weighted by atomic mass is 10.1. The predicted octanol–water partition coefficient (Wildman–Crippen LogP) is 4.97. The van der Waals surface area contributed by atoms with Crippen molar-refractivity contribution in [3.05, 3.63) is 83.9 Å². The number of ether oxygens (including phenoxy) is 1. The van der Waals surface area contributed by atoms with Gasteiger partial charge in [-0.05, 0) is 68.8 Å². The van der Waals surface area contributed by atoms with Crippen molar-refractivity contribution in [3.63, 3.8) is 0 Å². The van der Waals surface area contributed by atoms with E-state index in [2.05, 4.69) is 10.6 Å². The Bertz CT molecular complexity index is 1260. The molecule has 0 aliphatic carbocycles. The lowest BCUT2D eigenvalue weighted by Crippen LogP contribution is -2.20. The third-order valence-corrected chi connectivity index (χ3v) is 5.54. The number of carbonyl (C=O) groups is 2. The summed E-state index contributed by atoms with van der Waals surface area (Å²) in [6.45, 7) is 5.08. The monoisotopic (exact) mass is 468 g/mol. The molecule has 0 atom stereocenters. The zero-order valence-corrected chi connectivity index (χ0v) is 19.2. The molecule has 0 spiro atoms. The van der Waals surface area contributed by atoms with E-state index in [9.17, 15) is 18.0 Å². The molecule has 0 radical (unpaired) electrons. The molecule has 2 N–H and O–H groups in total. The van der Waals surface area contributed by atoms with Crippen LogP contribution in [0.1, 0.15) is 29.8 Å². The van der Waals surface area contributed by atoms with Gasteiger partial charge in [-0.25, -0.2) is 9.59 Å². The van der Waals surface area contributed by atoms with Crippen LogP contribution in [0.5, 0.6) is 5.75 Å². The van der Waals surface area contributed by atoms with Crippen molar-refractivity contribution in [1.29, 1.82) is 0 Å². The first-order valence-electron chi connectivity index (χ1n) is 10.1. The van der Waals surface area contributed by atoms with Crippen molar-refractivity contribution in [3.8, 4) is 5.75 Å². The summed E-state index contributed by atoms with van der Waals surface area (Å²) < 4.78 is 36.0. The highest BCUT2D eigenvalue weighted by Crippen LogP contribution is 2.28. The number of amides is 2. The first-order valence-corrected chi connectivity index (χ1v) is 11.5. The van der Waals surface area contributed by atoms with Gasteiger partial charge in [-0.3, -0.25) is 0 Å². The summed E-state index contributed by atoms with van der Waals surface area (Å²) in [5.74, 6) is -0.997. The van der Waals surface area contributed by atoms with Gasteiger partial charge in [0.15, 0.2) is 5.75 Å². The van der Waals surface area contributed by atoms with Crippen LogP contribution in [0.3, 0.4) is 0 Å². The summed E-state index contributed by atoms with van der Waals surface area (Å²) in [5.41, 5.74) is 1.43. The number of nitrogens with one attached hydrogen (secondary N) is 2. The highest BCUT2D eigenvalue weighted by molar-refractivity contribution is 7.87. The van der Waals surface area contributed by atoms with Crippen LogP contribution < -0.4 is 14.8 Å². The van der Waals surface area contributed by atoms with Gasteiger partial charge in [-0.15, -0.1) is 0 Å². The van der Waals surface area contributed by atoms with E-state index >= 15 is 0 Å². The maximum atomic E-state index is 12.8. The Labute approximate surface area is 192 Å². The highest BCUT2D eigenvalue weighted by atomic mass is 32.2. The molecule has 8 nitrogen and oxygen atoms in total. The van der Waals surface area contributed by atoms with Crippen molar-refractivity contribution < 1.29 is 26.9 Å². The van der Waals surface area contributed by atoms with Crippen LogP contribution >= 0.6 is 0 Å². The average molecular weight is 469 g/mol. The highest BCUT2D eigenvalue weighted by Gasteiger charge is 2.23. The number of benzene rings is 3. The van der Waals surface area contributed by atoms with Gasteiger partial charge in [-0.2, -0.15) is 8.42 Å². The summed E-state index contributed by atoms with van der Waals surface area (Å²) in [4.78, 5) is 24.9. The number of para-hydroxylation sites is 1. The van der Waals surface area contributed by atoms with Crippen LogP contribution in [0.25, 0.3) is 0 Å². The molecule has 2 amide bonds. The molecule has 33 heavy (non-hydrogen) atoms. The number of urea groups is 1. The maximum absolute atomic E-state index is 12.8. The molecule has 9 heteroatoms. The van der Waals surface area contributed by atoms with Gasteiger partial charge < -0.3 is 19.6 Å². The number of carbonyl (C=O) groups excluding carboxylic acids is 2. The van der Waals surface area contributed by atoms with Crippen LogP contribution in [0, 0.1) is 6.92 Å². The van der Waals surface area contributed by atoms with Crippen LogP contribution in [-0.2, 0) is 14.9 Å². The molecule has 0 fully saturated rings. The second kappa shape index (κ2) is 10.2. The Hall–Kier alpha value is -3.85. The largest absolute Gasteiger partial charge is 0.459 e. The molecular weight excluding hydrogens is 444 g/mol. The minimum absolute atomic E-state index is 0.0462. The third-order valence-electron chi connectivity index (χ3n) is 4.31. The second-order valence-electron chi connectivity index (χ2n) is 7.46. The number of aryl methyl sites for hydroxylation is 1. The fourth-order valence-electron chi connectivity index (χ4n) is 2.87. The predicted molar refractivity (Wildman–Crippen MR) is 125 cm³/mol. The minimum Gasteiger partial charge on any atom is -0.459 e. The van der Waals surface area contributed by atoms with Gasteiger partial charge in [0, 0.05) is 11.4 Å². The number of hydrogen-bond acceptors (Lipinski definition) is 6. The Morgan fingerprint density at radius 1 is 0.848 bits per heavy atom. The van der Waals surface area contributed by atoms with E-state index in [1.54, 1.807) is 57.2 Å². The molecule has 0 saturated carbocycles. The Morgan fingerprint density at radius 3 is 2.21 bits per heavy atom. The van der Waals surface area contributed by atoms with Gasteiger partial charge in [-0.1, -0.05) is 30.3 Å². The summed E-state index contributed by atoms with van der Waals surface area (Å²) in [6.07, 6.45) is -0.447. The normalized spacial score (nSPS) is 11.0. The second-order valence-corrected chi connectivity index (χ2v) is 9.01. The fraction of sp³-hybridized carbons (Fsp3) is 0.167. The number of anilines is 2. The van der Waals surface area contributed by atoms with Crippen LogP contribution in [-0.4, -0.2) is 26.5 Å². The van der Waals surface area contributed by atoms with Crippen LogP contribution in [0.4, 0.5) is 16.2 Å². The zero-order valence-electron chi connectivity index (χ0n) is 18.4.